The summed E-state index contributed by atoms with van der Waals surface area (Å²) in [5.74, 6) is -0.687. The number of ether oxygens (including phenoxy) is 1. The van der Waals surface area contributed by atoms with E-state index in [1.54, 1.807) is 4.90 Å². The summed E-state index contributed by atoms with van der Waals surface area (Å²) < 4.78 is 5.23. The van der Waals surface area contributed by atoms with Gasteiger partial charge in [-0.05, 0) is 32.6 Å². The number of amides is 1. The Balaban J connectivity index is 1.85. The molecule has 0 aromatic carbocycles. The first kappa shape index (κ1) is 11.2. The van der Waals surface area contributed by atoms with Crippen molar-refractivity contribution in [2.45, 2.75) is 26.4 Å². The zero-order valence-electron chi connectivity index (χ0n) is 9.77. The van der Waals surface area contributed by atoms with Crippen LogP contribution >= 0.6 is 0 Å². The highest BCUT2D eigenvalue weighted by atomic mass is 16.6. The Bertz CT molecular complexity index is 321. The number of hydrogen-bond acceptors (Lipinski definition) is 3. The molecule has 1 saturated heterocycles. The van der Waals surface area contributed by atoms with Crippen LogP contribution in [0.3, 0.4) is 0 Å². The van der Waals surface area contributed by atoms with Crippen LogP contribution in [0, 0.1) is 17.8 Å². The number of hydrogen-bond donors (Lipinski definition) is 1. The smallest absolute Gasteiger partial charge is 0.410 e. The normalized spacial score (nSPS) is 32.2. The van der Waals surface area contributed by atoms with Crippen molar-refractivity contribution in [3.8, 4) is 0 Å². The van der Waals surface area contributed by atoms with Crippen molar-refractivity contribution in [2.75, 3.05) is 13.1 Å². The molecule has 1 heterocycles. The molecule has 16 heavy (non-hydrogen) atoms. The fourth-order valence-corrected chi connectivity index (χ4v) is 2.37. The lowest BCUT2D eigenvalue weighted by Gasteiger charge is -2.25. The lowest BCUT2D eigenvalue weighted by Crippen LogP contribution is -2.37. The fourth-order valence-electron chi connectivity index (χ4n) is 2.37. The Morgan fingerprint density at radius 2 is 1.75 bits per heavy atom. The summed E-state index contributed by atoms with van der Waals surface area (Å²) in [5, 5.41) is 8.84. The van der Waals surface area contributed by atoms with E-state index < -0.39 is 11.6 Å². The van der Waals surface area contributed by atoms with E-state index in [1.807, 2.05) is 20.8 Å². The van der Waals surface area contributed by atoms with Gasteiger partial charge in [-0.1, -0.05) is 0 Å². The van der Waals surface area contributed by atoms with E-state index in [0.717, 1.165) is 0 Å². The number of fused-ring (bicyclic) bond motifs is 1. The molecule has 0 bridgehead atoms. The second-order valence-corrected chi connectivity index (χ2v) is 5.58. The number of carbonyl (C=O) groups is 2. The van der Waals surface area contributed by atoms with Crippen molar-refractivity contribution in [3.63, 3.8) is 0 Å². The summed E-state index contributed by atoms with van der Waals surface area (Å²) in [5.41, 5.74) is -0.490. The van der Waals surface area contributed by atoms with Crippen LogP contribution in [0.1, 0.15) is 20.8 Å². The molecule has 2 unspecified atom stereocenters. The molecule has 2 aliphatic rings. The van der Waals surface area contributed by atoms with Crippen LogP contribution in [0.4, 0.5) is 4.79 Å². The number of carboxylic acid groups (broad SMARTS) is 1. The average Bonchev–Trinajstić information content (AvgIpc) is 2.60. The zero-order valence-corrected chi connectivity index (χ0v) is 9.77. The molecular weight excluding hydrogens is 210 g/mol. The number of rotatable bonds is 1. The lowest BCUT2D eigenvalue weighted by atomic mass is 10.2. The molecule has 1 aliphatic carbocycles. The molecule has 0 radical (unpaired) electrons. The van der Waals surface area contributed by atoms with Crippen molar-refractivity contribution in [1.29, 1.82) is 0 Å². The molecule has 1 saturated carbocycles. The van der Waals surface area contributed by atoms with Gasteiger partial charge in [0.1, 0.15) is 5.60 Å². The van der Waals surface area contributed by atoms with Gasteiger partial charge in [-0.15, -0.1) is 0 Å². The second-order valence-electron chi connectivity index (χ2n) is 5.58. The minimum atomic E-state index is -0.737. The number of nitrogens with zero attached hydrogens (tertiary/aromatic N) is 1. The Morgan fingerprint density at radius 1 is 1.25 bits per heavy atom. The van der Waals surface area contributed by atoms with E-state index in [0.29, 0.717) is 13.1 Å². The third-order valence-corrected chi connectivity index (χ3v) is 3.13. The highest BCUT2D eigenvalue weighted by Gasteiger charge is 2.60. The summed E-state index contributed by atoms with van der Waals surface area (Å²) in [4.78, 5) is 24.0. The van der Waals surface area contributed by atoms with Crippen molar-refractivity contribution in [2.24, 2.45) is 17.8 Å². The summed E-state index contributed by atoms with van der Waals surface area (Å²) >= 11 is 0. The van der Waals surface area contributed by atoms with Crippen LogP contribution < -0.4 is 0 Å². The van der Waals surface area contributed by atoms with Gasteiger partial charge in [-0.25, -0.2) is 4.79 Å². The summed E-state index contributed by atoms with van der Waals surface area (Å²) in [7, 11) is 0. The lowest BCUT2D eigenvalue weighted by molar-refractivity contribution is -0.139. The van der Waals surface area contributed by atoms with Gasteiger partial charge in [0, 0.05) is 13.1 Å². The summed E-state index contributed by atoms with van der Waals surface area (Å²) in [6.07, 6.45) is -0.330. The summed E-state index contributed by atoms with van der Waals surface area (Å²) in [6, 6.07) is 0. The highest BCUT2D eigenvalue weighted by Crippen LogP contribution is 2.51. The number of likely N-dealkylation sites (tertiary alicyclic amines) is 1. The SMILES string of the molecule is CC(C)(C)OC(=O)N1CC2C(C(=O)O)[C@H]2C1. The molecule has 5 heteroatoms. The van der Waals surface area contributed by atoms with Gasteiger partial charge < -0.3 is 14.7 Å². The second kappa shape index (κ2) is 3.37. The molecule has 2 rings (SSSR count). The number of carbonyl (C=O) groups excluding carboxylic acids is 1. The molecule has 1 N–H and O–H groups in total. The maximum absolute atomic E-state index is 11.7. The number of piperidine rings is 1. The van der Waals surface area contributed by atoms with Gasteiger partial charge in [0.05, 0.1) is 5.92 Å². The molecule has 2 fully saturated rings. The monoisotopic (exact) mass is 227 g/mol. The molecule has 5 nitrogen and oxygen atoms in total. The molecule has 3 atom stereocenters. The molecule has 1 amide bonds. The molecule has 1 aliphatic heterocycles. The van der Waals surface area contributed by atoms with Crippen LogP contribution in [-0.4, -0.2) is 40.8 Å². The predicted octanol–water partition coefficient (Wildman–Crippen LogP) is 1.18. The minimum absolute atomic E-state index is 0.144. The van der Waals surface area contributed by atoms with Crippen molar-refractivity contribution < 1.29 is 19.4 Å². The third kappa shape index (κ3) is 1.99. The van der Waals surface area contributed by atoms with E-state index in [9.17, 15) is 9.59 Å². The Hall–Kier alpha value is -1.26. The van der Waals surface area contributed by atoms with E-state index in [4.69, 9.17) is 9.84 Å². The van der Waals surface area contributed by atoms with Gasteiger partial charge in [0.2, 0.25) is 0 Å². The Kier molecular flexibility index (Phi) is 2.36. The van der Waals surface area contributed by atoms with Gasteiger partial charge in [-0.2, -0.15) is 0 Å². The van der Waals surface area contributed by atoms with Crippen LogP contribution in [0.25, 0.3) is 0 Å². The Labute approximate surface area is 94.4 Å². The van der Waals surface area contributed by atoms with E-state index in [2.05, 4.69) is 0 Å². The largest absolute Gasteiger partial charge is 0.481 e. The fraction of sp³-hybridized carbons (Fsp3) is 0.818. The number of carboxylic acids is 1. The van der Waals surface area contributed by atoms with Crippen molar-refractivity contribution in [3.05, 3.63) is 0 Å². The first-order valence-corrected chi connectivity index (χ1v) is 5.50. The molecular formula is C11H17NO4. The standard InChI is InChI=1S/C11H17NO4/c1-11(2,3)16-10(15)12-4-6-7(5-12)8(6)9(13)14/h6-8H,4-5H2,1-3H3,(H,13,14)/t6-,7?,8?/m0/s1. The minimum Gasteiger partial charge on any atom is -0.481 e. The molecule has 90 valence electrons. The first-order valence-electron chi connectivity index (χ1n) is 5.50. The first-order chi connectivity index (χ1) is 7.29. The molecule has 0 aromatic rings. The van der Waals surface area contributed by atoms with Crippen molar-refractivity contribution >= 4 is 12.1 Å². The maximum atomic E-state index is 11.7. The third-order valence-electron chi connectivity index (χ3n) is 3.13. The van der Waals surface area contributed by atoms with Crippen LogP contribution in [0.2, 0.25) is 0 Å². The van der Waals surface area contributed by atoms with Crippen LogP contribution in [-0.2, 0) is 9.53 Å². The van der Waals surface area contributed by atoms with Crippen molar-refractivity contribution in [1.82, 2.24) is 4.90 Å². The molecule has 0 aromatic heterocycles. The predicted molar refractivity (Wildman–Crippen MR) is 55.9 cm³/mol. The van der Waals surface area contributed by atoms with E-state index >= 15 is 0 Å². The Morgan fingerprint density at radius 3 is 2.12 bits per heavy atom. The topological polar surface area (TPSA) is 66.8 Å². The van der Waals surface area contributed by atoms with Gasteiger partial charge in [0.15, 0.2) is 0 Å². The van der Waals surface area contributed by atoms with Crippen LogP contribution in [0.15, 0.2) is 0 Å². The van der Waals surface area contributed by atoms with Gasteiger partial charge >= 0.3 is 12.1 Å². The zero-order chi connectivity index (χ0) is 12.1. The van der Waals surface area contributed by atoms with Crippen LogP contribution in [0.5, 0.6) is 0 Å². The maximum Gasteiger partial charge on any atom is 0.410 e. The van der Waals surface area contributed by atoms with E-state index in [1.165, 1.54) is 0 Å². The number of aliphatic carboxylic acids is 1. The van der Waals surface area contributed by atoms with E-state index in [-0.39, 0.29) is 23.8 Å². The summed E-state index contributed by atoms with van der Waals surface area (Å²) in [6.45, 7) is 6.51. The average molecular weight is 227 g/mol. The van der Waals surface area contributed by atoms with Gasteiger partial charge in [-0.3, -0.25) is 4.79 Å². The quantitative estimate of drug-likeness (QED) is 0.730. The highest BCUT2D eigenvalue weighted by molar-refractivity contribution is 5.76. The molecule has 0 spiro atoms. The van der Waals surface area contributed by atoms with Gasteiger partial charge in [0.25, 0.3) is 0 Å².